The van der Waals surface area contributed by atoms with Crippen LogP contribution in [-0.4, -0.2) is 12.1 Å². The zero-order valence-corrected chi connectivity index (χ0v) is 6.64. The lowest BCUT2D eigenvalue weighted by Crippen LogP contribution is -1.89. The summed E-state index contributed by atoms with van der Waals surface area (Å²) in [7, 11) is 1.55. The van der Waals surface area contributed by atoms with Gasteiger partial charge in [-0.3, -0.25) is 0 Å². The molecule has 1 rings (SSSR count). The number of hydrogen-bond acceptors (Lipinski definition) is 2. The van der Waals surface area contributed by atoms with E-state index in [1.165, 1.54) is 0 Å². The molecule has 0 amide bonds. The second kappa shape index (κ2) is 2.88. The third-order valence-electron chi connectivity index (χ3n) is 1.15. The fraction of sp³-hybridized carbons (Fsp3) is 0.286. The number of nitrogens with zero attached hydrogens (tertiary/aromatic N) is 1. The van der Waals surface area contributed by atoms with Gasteiger partial charge in [-0.15, -0.1) is 0 Å². The Bertz CT molecular complexity index is 237. The van der Waals surface area contributed by atoms with Crippen molar-refractivity contribution in [3.63, 3.8) is 0 Å². The molecule has 0 spiro atoms. The van der Waals surface area contributed by atoms with Crippen LogP contribution in [0.5, 0.6) is 5.88 Å². The van der Waals surface area contributed by atoms with E-state index in [9.17, 15) is 0 Å². The van der Waals surface area contributed by atoms with Gasteiger partial charge in [0.15, 0.2) is 0 Å². The molecule has 54 valence electrons. The van der Waals surface area contributed by atoms with E-state index in [1.54, 1.807) is 13.2 Å². The molecule has 3 heteroatoms. The average molecular weight is 158 g/mol. The molecule has 0 aliphatic carbocycles. The van der Waals surface area contributed by atoms with E-state index < -0.39 is 0 Å². The molecule has 2 nitrogen and oxygen atoms in total. The van der Waals surface area contributed by atoms with Gasteiger partial charge in [0, 0.05) is 5.69 Å². The smallest absolute Gasteiger partial charge is 0.232 e. The van der Waals surface area contributed by atoms with E-state index in [1.807, 2.05) is 13.0 Å². The van der Waals surface area contributed by atoms with Crippen LogP contribution in [0.15, 0.2) is 12.1 Å². The predicted octanol–water partition coefficient (Wildman–Crippen LogP) is 2.05. The molecular weight excluding hydrogens is 150 g/mol. The van der Waals surface area contributed by atoms with Gasteiger partial charge >= 0.3 is 0 Å². The molecule has 0 saturated carbocycles. The maximum atomic E-state index is 5.71. The van der Waals surface area contributed by atoms with Gasteiger partial charge in [-0.1, -0.05) is 11.6 Å². The SMILES string of the molecule is COc1nc(C)ccc1Cl. The molecule has 0 bridgehead atoms. The van der Waals surface area contributed by atoms with Crippen LogP contribution in [0.25, 0.3) is 0 Å². The summed E-state index contributed by atoms with van der Waals surface area (Å²) in [6.07, 6.45) is 0. The summed E-state index contributed by atoms with van der Waals surface area (Å²) in [4.78, 5) is 4.04. The highest BCUT2D eigenvalue weighted by Gasteiger charge is 1.99. The molecule has 0 aliphatic heterocycles. The Kier molecular flexibility index (Phi) is 2.12. The molecule has 0 N–H and O–H groups in total. The lowest BCUT2D eigenvalue weighted by Gasteiger charge is -2.00. The summed E-state index contributed by atoms with van der Waals surface area (Å²) in [5.74, 6) is 0.488. The van der Waals surface area contributed by atoms with Crippen molar-refractivity contribution in [3.05, 3.63) is 22.8 Å². The molecular formula is C7H8ClNO. The normalized spacial score (nSPS) is 9.50. The van der Waals surface area contributed by atoms with Crippen LogP contribution in [0.1, 0.15) is 5.69 Å². The highest BCUT2D eigenvalue weighted by molar-refractivity contribution is 6.31. The predicted molar refractivity (Wildman–Crippen MR) is 40.5 cm³/mol. The Morgan fingerprint density at radius 3 is 2.70 bits per heavy atom. The van der Waals surface area contributed by atoms with Crippen molar-refractivity contribution in [3.8, 4) is 5.88 Å². The molecule has 0 unspecified atom stereocenters. The molecule has 10 heavy (non-hydrogen) atoms. The third kappa shape index (κ3) is 1.39. The zero-order chi connectivity index (χ0) is 7.56. The number of ether oxygens (including phenoxy) is 1. The molecule has 0 aliphatic rings. The summed E-state index contributed by atoms with van der Waals surface area (Å²) in [5.41, 5.74) is 0.904. The number of methoxy groups -OCH3 is 1. The molecule has 0 fully saturated rings. The van der Waals surface area contributed by atoms with Gasteiger partial charge in [0.25, 0.3) is 0 Å². The summed E-state index contributed by atoms with van der Waals surface area (Å²) < 4.78 is 4.88. The van der Waals surface area contributed by atoms with Gasteiger partial charge < -0.3 is 4.74 Å². The average Bonchev–Trinajstić information content (AvgIpc) is 1.94. The van der Waals surface area contributed by atoms with Crippen LogP contribution >= 0.6 is 11.6 Å². The first kappa shape index (κ1) is 7.35. The lowest BCUT2D eigenvalue weighted by atomic mass is 10.4. The second-order valence-electron chi connectivity index (χ2n) is 1.94. The minimum atomic E-state index is 0.488. The van der Waals surface area contributed by atoms with Gasteiger partial charge in [0.1, 0.15) is 5.02 Å². The van der Waals surface area contributed by atoms with Crippen LogP contribution in [-0.2, 0) is 0 Å². The van der Waals surface area contributed by atoms with Crippen molar-refractivity contribution >= 4 is 11.6 Å². The molecule has 0 atom stereocenters. The quantitative estimate of drug-likeness (QED) is 0.623. The van der Waals surface area contributed by atoms with E-state index >= 15 is 0 Å². The van der Waals surface area contributed by atoms with Crippen LogP contribution in [0, 0.1) is 6.92 Å². The Labute approximate surface area is 64.8 Å². The molecule has 0 aromatic carbocycles. The second-order valence-corrected chi connectivity index (χ2v) is 2.35. The number of pyridine rings is 1. The highest BCUT2D eigenvalue weighted by Crippen LogP contribution is 2.20. The van der Waals surface area contributed by atoms with Gasteiger partial charge in [-0.2, -0.15) is 0 Å². The van der Waals surface area contributed by atoms with E-state index in [4.69, 9.17) is 16.3 Å². The zero-order valence-electron chi connectivity index (χ0n) is 5.89. The number of rotatable bonds is 1. The Morgan fingerprint density at radius 2 is 2.20 bits per heavy atom. The standard InChI is InChI=1S/C7H8ClNO/c1-5-3-4-6(8)7(9-5)10-2/h3-4H,1-2H3. The molecule has 0 radical (unpaired) electrons. The minimum Gasteiger partial charge on any atom is -0.480 e. The summed E-state index contributed by atoms with van der Waals surface area (Å²) in [6.45, 7) is 1.89. The Hall–Kier alpha value is -0.760. The molecule has 1 aromatic heterocycles. The van der Waals surface area contributed by atoms with Crippen molar-refractivity contribution in [2.75, 3.05) is 7.11 Å². The fourth-order valence-electron chi connectivity index (χ4n) is 0.659. The minimum absolute atomic E-state index is 0.488. The van der Waals surface area contributed by atoms with Gasteiger partial charge in [0.2, 0.25) is 5.88 Å². The lowest BCUT2D eigenvalue weighted by molar-refractivity contribution is 0.397. The number of hydrogen-bond donors (Lipinski definition) is 0. The van der Waals surface area contributed by atoms with E-state index in [0.717, 1.165) is 5.69 Å². The van der Waals surface area contributed by atoms with Gasteiger partial charge in [-0.05, 0) is 19.1 Å². The maximum absolute atomic E-state index is 5.71. The van der Waals surface area contributed by atoms with Crippen molar-refractivity contribution in [2.45, 2.75) is 6.92 Å². The first-order chi connectivity index (χ1) is 4.74. The van der Waals surface area contributed by atoms with Crippen molar-refractivity contribution in [1.29, 1.82) is 0 Å². The van der Waals surface area contributed by atoms with Crippen LogP contribution in [0.4, 0.5) is 0 Å². The first-order valence-corrected chi connectivity index (χ1v) is 3.29. The van der Waals surface area contributed by atoms with Crippen molar-refractivity contribution in [2.24, 2.45) is 0 Å². The van der Waals surface area contributed by atoms with Gasteiger partial charge in [-0.25, -0.2) is 4.98 Å². The largest absolute Gasteiger partial charge is 0.480 e. The topological polar surface area (TPSA) is 22.1 Å². The van der Waals surface area contributed by atoms with Crippen LogP contribution in [0.2, 0.25) is 5.02 Å². The number of halogens is 1. The summed E-state index contributed by atoms with van der Waals surface area (Å²) >= 11 is 5.71. The third-order valence-corrected chi connectivity index (χ3v) is 1.43. The molecule has 0 saturated heterocycles. The maximum Gasteiger partial charge on any atom is 0.232 e. The Balaban J connectivity index is 3.09. The monoisotopic (exact) mass is 157 g/mol. The van der Waals surface area contributed by atoms with E-state index in [-0.39, 0.29) is 0 Å². The molecule has 1 aromatic rings. The summed E-state index contributed by atoms with van der Waals surface area (Å²) in [6, 6.07) is 3.60. The number of aryl methyl sites for hydroxylation is 1. The highest BCUT2D eigenvalue weighted by atomic mass is 35.5. The summed E-state index contributed by atoms with van der Waals surface area (Å²) in [5, 5.41) is 0.549. The Morgan fingerprint density at radius 1 is 1.50 bits per heavy atom. The van der Waals surface area contributed by atoms with Crippen molar-refractivity contribution in [1.82, 2.24) is 4.98 Å². The van der Waals surface area contributed by atoms with E-state index in [2.05, 4.69) is 4.98 Å². The van der Waals surface area contributed by atoms with Crippen molar-refractivity contribution < 1.29 is 4.74 Å². The fourth-order valence-corrected chi connectivity index (χ4v) is 0.841. The first-order valence-electron chi connectivity index (χ1n) is 2.91. The molecule has 1 heterocycles. The van der Waals surface area contributed by atoms with Gasteiger partial charge in [0.05, 0.1) is 7.11 Å². The van der Waals surface area contributed by atoms with Crippen LogP contribution in [0.3, 0.4) is 0 Å². The van der Waals surface area contributed by atoms with E-state index in [0.29, 0.717) is 10.9 Å². The van der Waals surface area contributed by atoms with Crippen LogP contribution < -0.4 is 4.74 Å². The number of aromatic nitrogens is 1.